The molecule has 1 heterocycles. The van der Waals surface area contributed by atoms with Crippen LogP contribution < -0.4 is 10.6 Å². The topological polar surface area (TPSA) is 54.0 Å². The van der Waals surface area contributed by atoms with Gasteiger partial charge in [0, 0.05) is 30.0 Å². The van der Waals surface area contributed by atoms with E-state index in [1.807, 2.05) is 42.5 Å². The molecule has 2 aromatic carbocycles. The average Bonchev–Trinajstić information content (AvgIpc) is 2.68. The Hall–Kier alpha value is -3.05. The van der Waals surface area contributed by atoms with Crippen molar-refractivity contribution < 1.29 is 9.18 Å². The van der Waals surface area contributed by atoms with Crippen LogP contribution in [0.1, 0.15) is 34.6 Å². The van der Waals surface area contributed by atoms with Gasteiger partial charge in [0.15, 0.2) is 0 Å². The molecule has 0 saturated carbocycles. The fourth-order valence-corrected chi connectivity index (χ4v) is 2.54. The minimum absolute atomic E-state index is 0.152. The lowest BCUT2D eigenvalue weighted by Crippen LogP contribution is -2.18. The highest BCUT2D eigenvalue weighted by Gasteiger charge is 2.08. The Bertz CT molecular complexity index is 849. The summed E-state index contributed by atoms with van der Waals surface area (Å²) >= 11 is 0. The van der Waals surface area contributed by atoms with Crippen molar-refractivity contribution in [1.29, 1.82) is 0 Å². The standard InChI is InChI=1S/C21H20FN3O/c1-15(24-14-20-4-2-3-13-23-20)16-7-11-19(12-8-16)25-21(26)17-5-9-18(22)10-6-17/h2-13,15,24H,14H2,1H3,(H,25,26). The molecule has 4 nitrogen and oxygen atoms in total. The number of anilines is 1. The first-order chi connectivity index (χ1) is 12.6. The molecule has 2 N–H and O–H groups in total. The number of amides is 1. The van der Waals surface area contributed by atoms with E-state index in [9.17, 15) is 9.18 Å². The van der Waals surface area contributed by atoms with Gasteiger partial charge in [-0.15, -0.1) is 0 Å². The monoisotopic (exact) mass is 349 g/mol. The van der Waals surface area contributed by atoms with Gasteiger partial charge in [-0.3, -0.25) is 9.78 Å². The number of hydrogen-bond acceptors (Lipinski definition) is 3. The molecule has 5 heteroatoms. The van der Waals surface area contributed by atoms with Crippen molar-refractivity contribution in [3.8, 4) is 0 Å². The molecular weight excluding hydrogens is 329 g/mol. The minimum Gasteiger partial charge on any atom is -0.322 e. The van der Waals surface area contributed by atoms with Crippen LogP contribution in [0, 0.1) is 5.82 Å². The molecule has 26 heavy (non-hydrogen) atoms. The lowest BCUT2D eigenvalue weighted by atomic mass is 10.1. The largest absolute Gasteiger partial charge is 0.322 e. The van der Waals surface area contributed by atoms with E-state index >= 15 is 0 Å². The van der Waals surface area contributed by atoms with Crippen LogP contribution in [-0.2, 0) is 6.54 Å². The second-order valence-corrected chi connectivity index (χ2v) is 6.01. The quantitative estimate of drug-likeness (QED) is 0.697. The highest BCUT2D eigenvalue weighted by Crippen LogP contribution is 2.17. The number of carbonyl (C=O) groups is 1. The van der Waals surface area contributed by atoms with E-state index in [0.29, 0.717) is 17.8 Å². The lowest BCUT2D eigenvalue weighted by Gasteiger charge is -2.15. The van der Waals surface area contributed by atoms with Crippen LogP contribution in [0.4, 0.5) is 10.1 Å². The molecule has 0 saturated heterocycles. The maximum absolute atomic E-state index is 12.9. The van der Waals surface area contributed by atoms with Gasteiger partial charge >= 0.3 is 0 Å². The third kappa shape index (κ3) is 4.74. The number of nitrogens with one attached hydrogen (secondary N) is 2. The lowest BCUT2D eigenvalue weighted by molar-refractivity contribution is 0.102. The summed E-state index contributed by atoms with van der Waals surface area (Å²) in [5.41, 5.74) is 3.21. The average molecular weight is 349 g/mol. The van der Waals surface area contributed by atoms with E-state index in [0.717, 1.165) is 11.3 Å². The van der Waals surface area contributed by atoms with Crippen molar-refractivity contribution in [2.24, 2.45) is 0 Å². The number of pyridine rings is 1. The number of nitrogens with zero attached hydrogens (tertiary/aromatic N) is 1. The van der Waals surface area contributed by atoms with Crippen molar-refractivity contribution in [2.75, 3.05) is 5.32 Å². The molecule has 1 atom stereocenters. The molecule has 0 radical (unpaired) electrons. The maximum atomic E-state index is 12.9. The summed E-state index contributed by atoms with van der Waals surface area (Å²) in [6, 6.07) is 19.1. The first-order valence-corrected chi connectivity index (χ1v) is 8.42. The van der Waals surface area contributed by atoms with E-state index in [-0.39, 0.29) is 17.8 Å². The molecule has 0 aliphatic heterocycles. The second-order valence-electron chi connectivity index (χ2n) is 6.01. The van der Waals surface area contributed by atoms with E-state index in [4.69, 9.17) is 0 Å². The van der Waals surface area contributed by atoms with Crippen LogP contribution in [0.15, 0.2) is 72.9 Å². The highest BCUT2D eigenvalue weighted by molar-refractivity contribution is 6.04. The summed E-state index contributed by atoms with van der Waals surface area (Å²) < 4.78 is 12.9. The first kappa shape index (κ1) is 17.8. The van der Waals surface area contributed by atoms with Crippen molar-refractivity contribution in [3.05, 3.63) is 95.6 Å². The molecular formula is C21H20FN3O. The van der Waals surface area contributed by atoms with E-state index in [1.54, 1.807) is 6.20 Å². The number of rotatable bonds is 6. The molecule has 0 aliphatic carbocycles. The Morgan fingerprint density at radius 2 is 1.77 bits per heavy atom. The summed E-state index contributed by atoms with van der Waals surface area (Å²) in [7, 11) is 0. The van der Waals surface area contributed by atoms with Gasteiger partial charge in [0.05, 0.1) is 5.69 Å². The predicted octanol–water partition coefficient (Wildman–Crippen LogP) is 4.32. The first-order valence-electron chi connectivity index (χ1n) is 8.42. The Labute approximate surface area is 152 Å². The maximum Gasteiger partial charge on any atom is 0.255 e. The van der Waals surface area contributed by atoms with Gasteiger partial charge in [0.25, 0.3) is 5.91 Å². The number of carbonyl (C=O) groups excluding carboxylic acids is 1. The second kappa shape index (κ2) is 8.36. The van der Waals surface area contributed by atoms with E-state index < -0.39 is 0 Å². The molecule has 0 aliphatic rings. The Morgan fingerprint density at radius 1 is 1.04 bits per heavy atom. The van der Waals surface area contributed by atoms with Gasteiger partial charge in [0.2, 0.25) is 0 Å². The van der Waals surface area contributed by atoms with E-state index in [1.165, 1.54) is 24.3 Å². The zero-order valence-electron chi connectivity index (χ0n) is 14.4. The summed E-state index contributed by atoms with van der Waals surface area (Å²) in [5, 5.41) is 6.23. The van der Waals surface area contributed by atoms with Gasteiger partial charge in [-0.2, -0.15) is 0 Å². The highest BCUT2D eigenvalue weighted by atomic mass is 19.1. The molecule has 0 bridgehead atoms. The number of halogens is 1. The third-order valence-electron chi connectivity index (χ3n) is 4.09. The number of benzene rings is 2. The zero-order chi connectivity index (χ0) is 18.4. The van der Waals surface area contributed by atoms with Gasteiger partial charge in [-0.25, -0.2) is 4.39 Å². The molecule has 1 amide bonds. The van der Waals surface area contributed by atoms with Crippen molar-refractivity contribution in [2.45, 2.75) is 19.5 Å². The minimum atomic E-state index is -0.363. The Balaban J connectivity index is 1.57. The molecule has 0 fully saturated rings. The normalized spacial score (nSPS) is 11.8. The van der Waals surface area contributed by atoms with Crippen LogP contribution in [0.5, 0.6) is 0 Å². The zero-order valence-corrected chi connectivity index (χ0v) is 14.4. The fourth-order valence-electron chi connectivity index (χ4n) is 2.54. The summed E-state index contributed by atoms with van der Waals surface area (Å²) in [4.78, 5) is 16.4. The molecule has 1 aromatic heterocycles. The van der Waals surface area contributed by atoms with Gasteiger partial charge < -0.3 is 10.6 Å². The van der Waals surface area contributed by atoms with Gasteiger partial charge in [-0.1, -0.05) is 18.2 Å². The molecule has 1 unspecified atom stereocenters. The third-order valence-corrected chi connectivity index (χ3v) is 4.09. The van der Waals surface area contributed by atoms with Crippen LogP contribution in [0.25, 0.3) is 0 Å². The number of aromatic nitrogens is 1. The molecule has 3 aromatic rings. The summed E-state index contributed by atoms with van der Waals surface area (Å²) in [6.07, 6.45) is 1.78. The molecule has 3 rings (SSSR count). The van der Waals surface area contributed by atoms with Crippen LogP contribution in [-0.4, -0.2) is 10.9 Å². The van der Waals surface area contributed by atoms with Crippen LogP contribution in [0.3, 0.4) is 0 Å². The summed E-state index contributed by atoms with van der Waals surface area (Å²) in [6.45, 7) is 2.76. The van der Waals surface area contributed by atoms with Crippen molar-refractivity contribution in [1.82, 2.24) is 10.3 Å². The SMILES string of the molecule is CC(NCc1ccccn1)c1ccc(NC(=O)c2ccc(F)cc2)cc1. The fraction of sp³-hybridized carbons (Fsp3) is 0.143. The van der Waals surface area contributed by atoms with Crippen molar-refractivity contribution in [3.63, 3.8) is 0 Å². The summed E-state index contributed by atoms with van der Waals surface area (Å²) in [5.74, 6) is -0.628. The Morgan fingerprint density at radius 3 is 2.42 bits per heavy atom. The molecule has 0 spiro atoms. The van der Waals surface area contributed by atoms with Gasteiger partial charge in [-0.05, 0) is 61.0 Å². The van der Waals surface area contributed by atoms with Crippen LogP contribution in [0.2, 0.25) is 0 Å². The Kier molecular flexibility index (Phi) is 5.71. The number of hydrogen-bond donors (Lipinski definition) is 2. The van der Waals surface area contributed by atoms with Crippen LogP contribution >= 0.6 is 0 Å². The predicted molar refractivity (Wildman–Crippen MR) is 100 cm³/mol. The van der Waals surface area contributed by atoms with E-state index in [2.05, 4.69) is 22.5 Å². The smallest absolute Gasteiger partial charge is 0.255 e. The molecule has 132 valence electrons. The van der Waals surface area contributed by atoms with Gasteiger partial charge in [0.1, 0.15) is 5.82 Å². The van der Waals surface area contributed by atoms with Crippen molar-refractivity contribution >= 4 is 11.6 Å².